The summed E-state index contributed by atoms with van der Waals surface area (Å²) < 4.78 is 13.2. The molecule has 0 radical (unpaired) electrons. The van der Waals surface area contributed by atoms with Crippen LogP contribution in [0.25, 0.3) is 16.5 Å². The summed E-state index contributed by atoms with van der Waals surface area (Å²) in [5.74, 6) is -0.218. The number of benzene rings is 1. The molecule has 0 unspecified atom stereocenters. The number of aromatic nitrogens is 1. The molecular formula is C11H10FN. The van der Waals surface area contributed by atoms with Gasteiger partial charge in [-0.05, 0) is 24.6 Å². The highest BCUT2D eigenvalue weighted by Crippen LogP contribution is 2.21. The summed E-state index contributed by atoms with van der Waals surface area (Å²) in [5, 5.41) is 0.887. The quantitative estimate of drug-likeness (QED) is 0.684. The highest BCUT2D eigenvalue weighted by molar-refractivity contribution is 5.84. The number of para-hydroxylation sites is 1. The zero-order valence-corrected chi connectivity index (χ0v) is 7.39. The van der Waals surface area contributed by atoms with Crippen LogP contribution in [-0.2, 0) is 0 Å². The number of fused-ring (bicyclic) bond motifs is 1. The molecule has 0 aliphatic carbocycles. The van der Waals surface area contributed by atoms with Gasteiger partial charge < -0.3 is 4.98 Å². The second-order valence-corrected chi connectivity index (χ2v) is 3.17. The van der Waals surface area contributed by atoms with Crippen LogP contribution in [0.5, 0.6) is 0 Å². The van der Waals surface area contributed by atoms with Gasteiger partial charge in [0.2, 0.25) is 0 Å². The molecule has 0 amide bonds. The minimum Gasteiger partial charge on any atom is -0.352 e. The lowest BCUT2D eigenvalue weighted by Gasteiger charge is -1.91. The molecule has 1 N–H and O–H groups in total. The largest absolute Gasteiger partial charge is 0.352 e. The van der Waals surface area contributed by atoms with E-state index in [4.69, 9.17) is 0 Å². The molecule has 66 valence electrons. The van der Waals surface area contributed by atoms with Gasteiger partial charge in [0.25, 0.3) is 0 Å². The van der Waals surface area contributed by atoms with Gasteiger partial charge in [0.1, 0.15) is 5.82 Å². The van der Waals surface area contributed by atoms with Crippen molar-refractivity contribution < 1.29 is 4.39 Å². The summed E-state index contributed by atoms with van der Waals surface area (Å²) in [6, 6.07) is 6.93. The number of aromatic amines is 1. The summed E-state index contributed by atoms with van der Waals surface area (Å²) in [6.45, 7) is 5.69. The van der Waals surface area contributed by atoms with Crippen LogP contribution in [-0.4, -0.2) is 4.98 Å². The molecular weight excluding hydrogens is 165 g/mol. The van der Waals surface area contributed by atoms with Crippen LogP contribution in [0.2, 0.25) is 0 Å². The maximum atomic E-state index is 13.2. The van der Waals surface area contributed by atoms with Gasteiger partial charge in [-0.15, -0.1) is 0 Å². The van der Waals surface area contributed by atoms with Crippen LogP contribution < -0.4 is 0 Å². The van der Waals surface area contributed by atoms with Crippen molar-refractivity contribution in [2.75, 3.05) is 0 Å². The van der Waals surface area contributed by atoms with E-state index in [1.54, 1.807) is 6.07 Å². The van der Waals surface area contributed by atoms with E-state index in [1.165, 1.54) is 6.07 Å². The molecule has 2 rings (SSSR count). The Morgan fingerprint density at radius 3 is 2.85 bits per heavy atom. The fourth-order valence-electron chi connectivity index (χ4n) is 1.35. The van der Waals surface area contributed by atoms with Gasteiger partial charge in [0.05, 0.1) is 5.52 Å². The summed E-state index contributed by atoms with van der Waals surface area (Å²) in [7, 11) is 0. The first-order chi connectivity index (χ1) is 6.18. The van der Waals surface area contributed by atoms with Gasteiger partial charge in [-0.1, -0.05) is 18.7 Å². The molecule has 0 aliphatic rings. The Hall–Kier alpha value is -1.57. The minimum absolute atomic E-state index is 0.218. The summed E-state index contributed by atoms with van der Waals surface area (Å²) in [4.78, 5) is 2.99. The lowest BCUT2D eigenvalue weighted by Crippen LogP contribution is -1.77. The molecule has 2 aromatic rings. The Morgan fingerprint density at radius 1 is 1.46 bits per heavy atom. The van der Waals surface area contributed by atoms with Crippen LogP contribution in [0, 0.1) is 5.82 Å². The number of allylic oxidation sites excluding steroid dienone is 1. The predicted octanol–water partition coefficient (Wildman–Crippen LogP) is 3.34. The number of hydrogen-bond acceptors (Lipinski definition) is 0. The second-order valence-electron chi connectivity index (χ2n) is 3.17. The number of H-pyrrole nitrogens is 1. The molecule has 0 fully saturated rings. The molecule has 0 bridgehead atoms. The fraction of sp³-hybridized carbons (Fsp3) is 0.0909. The van der Waals surface area contributed by atoms with E-state index in [1.807, 2.05) is 19.1 Å². The maximum absolute atomic E-state index is 13.2. The van der Waals surface area contributed by atoms with Crippen LogP contribution in [0.3, 0.4) is 0 Å². The Bertz CT molecular complexity index is 468. The highest BCUT2D eigenvalue weighted by Gasteiger charge is 2.04. The molecule has 0 saturated carbocycles. The fourth-order valence-corrected chi connectivity index (χ4v) is 1.35. The molecule has 0 spiro atoms. The van der Waals surface area contributed by atoms with E-state index in [9.17, 15) is 4.39 Å². The van der Waals surface area contributed by atoms with Crippen molar-refractivity contribution in [2.45, 2.75) is 6.92 Å². The highest BCUT2D eigenvalue weighted by atomic mass is 19.1. The van der Waals surface area contributed by atoms with Crippen molar-refractivity contribution in [1.82, 2.24) is 4.98 Å². The maximum Gasteiger partial charge on any atom is 0.147 e. The number of hydrogen-bond donors (Lipinski definition) is 1. The lowest BCUT2D eigenvalue weighted by atomic mass is 10.2. The first kappa shape index (κ1) is 8.05. The predicted molar refractivity (Wildman–Crippen MR) is 53.0 cm³/mol. The van der Waals surface area contributed by atoms with Crippen LogP contribution in [0.4, 0.5) is 4.39 Å². The van der Waals surface area contributed by atoms with E-state index in [2.05, 4.69) is 11.6 Å². The molecule has 0 atom stereocenters. The van der Waals surface area contributed by atoms with E-state index in [-0.39, 0.29) is 5.82 Å². The smallest absolute Gasteiger partial charge is 0.147 e. The van der Waals surface area contributed by atoms with Gasteiger partial charge in [0, 0.05) is 11.1 Å². The number of nitrogens with one attached hydrogen (secondary N) is 1. The first-order valence-electron chi connectivity index (χ1n) is 4.11. The number of rotatable bonds is 1. The average molecular weight is 175 g/mol. The molecule has 2 heteroatoms. The van der Waals surface area contributed by atoms with E-state index < -0.39 is 0 Å². The van der Waals surface area contributed by atoms with Crippen molar-refractivity contribution in [3.63, 3.8) is 0 Å². The Kier molecular flexibility index (Phi) is 1.69. The molecule has 1 nitrogen and oxygen atoms in total. The van der Waals surface area contributed by atoms with Gasteiger partial charge in [-0.3, -0.25) is 0 Å². The third kappa shape index (κ3) is 1.24. The summed E-state index contributed by atoms with van der Waals surface area (Å²) >= 11 is 0. The van der Waals surface area contributed by atoms with Gasteiger partial charge >= 0.3 is 0 Å². The SMILES string of the molecule is C=C(C)c1cc2cccc(F)c2[nH]1. The third-order valence-electron chi connectivity index (χ3n) is 2.07. The first-order valence-corrected chi connectivity index (χ1v) is 4.11. The normalized spacial score (nSPS) is 10.6. The van der Waals surface area contributed by atoms with E-state index in [0.29, 0.717) is 5.52 Å². The second kappa shape index (κ2) is 2.73. The van der Waals surface area contributed by atoms with Crippen molar-refractivity contribution in [2.24, 2.45) is 0 Å². The van der Waals surface area contributed by atoms with E-state index in [0.717, 1.165) is 16.7 Å². The molecule has 0 aliphatic heterocycles. The average Bonchev–Trinajstić information content (AvgIpc) is 2.49. The number of halogens is 1. The molecule has 1 aromatic carbocycles. The standard InChI is InChI=1S/C11H10FN/c1-7(2)10-6-8-4-3-5-9(12)11(8)13-10/h3-6,13H,1H2,2H3. The van der Waals surface area contributed by atoms with Gasteiger partial charge in [0.15, 0.2) is 0 Å². The van der Waals surface area contributed by atoms with Gasteiger partial charge in [-0.25, -0.2) is 4.39 Å². The molecule has 1 heterocycles. The third-order valence-corrected chi connectivity index (χ3v) is 2.07. The minimum atomic E-state index is -0.218. The van der Waals surface area contributed by atoms with E-state index >= 15 is 0 Å². The Morgan fingerprint density at radius 2 is 2.23 bits per heavy atom. The lowest BCUT2D eigenvalue weighted by molar-refractivity contribution is 0.637. The molecule has 0 saturated heterocycles. The Balaban J connectivity index is 2.75. The van der Waals surface area contributed by atoms with Crippen molar-refractivity contribution >= 4 is 16.5 Å². The van der Waals surface area contributed by atoms with Crippen LogP contribution in [0.1, 0.15) is 12.6 Å². The van der Waals surface area contributed by atoms with Crippen molar-refractivity contribution in [3.8, 4) is 0 Å². The summed E-state index contributed by atoms with van der Waals surface area (Å²) in [5.41, 5.74) is 2.36. The zero-order valence-electron chi connectivity index (χ0n) is 7.39. The topological polar surface area (TPSA) is 15.8 Å². The Labute approximate surface area is 75.9 Å². The zero-order chi connectivity index (χ0) is 9.42. The molecule has 1 aromatic heterocycles. The van der Waals surface area contributed by atoms with Crippen molar-refractivity contribution in [3.05, 3.63) is 42.4 Å². The summed E-state index contributed by atoms with van der Waals surface area (Å²) in [6.07, 6.45) is 0. The monoisotopic (exact) mass is 175 g/mol. The van der Waals surface area contributed by atoms with Gasteiger partial charge in [-0.2, -0.15) is 0 Å². The van der Waals surface area contributed by atoms with Crippen LogP contribution in [0.15, 0.2) is 30.8 Å². The molecule has 13 heavy (non-hydrogen) atoms. The van der Waals surface area contributed by atoms with Crippen LogP contribution >= 0.6 is 0 Å². The van der Waals surface area contributed by atoms with Crippen molar-refractivity contribution in [1.29, 1.82) is 0 Å².